The molecule has 4 rings (SSSR count). The highest BCUT2D eigenvalue weighted by atomic mass is 16.6. The summed E-state index contributed by atoms with van der Waals surface area (Å²) in [5.74, 6) is -0.0353. The van der Waals surface area contributed by atoms with Gasteiger partial charge in [0.15, 0.2) is 0 Å². The first-order valence-electron chi connectivity index (χ1n) is 12.2. The number of piperazine rings is 2. The van der Waals surface area contributed by atoms with Crippen LogP contribution in [0.5, 0.6) is 0 Å². The van der Waals surface area contributed by atoms with Crippen LogP contribution in [-0.2, 0) is 16.1 Å². The fraction of sp³-hybridized carbons (Fsp3) is 0.462. The molecule has 182 valence electrons. The molecule has 2 amide bonds. The molecule has 0 unspecified atom stereocenters. The first kappa shape index (κ1) is 24.0. The van der Waals surface area contributed by atoms with Crippen molar-refractivity contribution in [3.05, 3.63) is 60.2 Å². The Labute approximate surface area is 202 Å². The number of anilines is 2. The van der Waals surface area contributed by atoms with E-state index >= 15 is 0 Å². The summed E-state index contributed by atoms with van der Waals surface area (Å²) in [6.07, 6.45) is -0.274. The van der Waals surface area contributed by atoms with Crippen molar-refractivity contribution in [2.75, 3.05) is 75.7 Å². The third-order valence-corrected chi connectivity index (χ3v) is 6.40. The van der Waals surface area contributed by atoms with E-state index in [0.29, 0.717) is 39.3 Å². The van der Waals surface area contributed by atoms with Gasteiger partial charge in [-0.25, -0.2) is 4.79 Å². The van der Waals surface area contributed by atoms with Crippen molar-refractivity contribution >= 4 is 23.4 Å². The van der Waals surface area contributed by atoms with Crippen LogP contribution in [0.1, 0.15) is 12.5 Å². The fourth-order valence-electron chi connectivity index (χ4n) is 4.47. The molecule has 1 N–H and O–H groups in total. The quantitative estimate of drug-likeness (QED) is 0.678. The molecule has 0 saturated carbocycles. The lowest BCUT2D eigenvalue weighted by Gasteiger charge is -2.36. The number of carbonyl (C=O) groups excluding carboxylic acids is 2. The predicted molar refractivity (Wildman–Crippen MR) is 134 cm³/mol. The van der Waals surface area contributed by atoms with Crippen LogP contribution >= 0.6 is 0 Å². The van der Waals surface area contributed by atoms with Crippen LogP contribution in [0.4, 0.5) is 16.2 Å². The molecule has 2 fully saturated rings. The molecule has 0 aliphatic carbocycles. The summed E-state index contributed by atoms with van der Waals surface area (Å²) in [4.78, 5) is 32.9. The average Bonchev–Trinajstić information content (AvgIpc) is 2.86. The summed E-state index contributed by atoms with van der Waals surface area (Å²) >= 11 is 0. The lowest BCUT2D eigenvalue weighted by molar-refractivity contribution is -0.117. The largest absolute Gasteiger partial charge is 0.450 e. The normalized spacial score (nSPS) is 17.4. The highest BCUT2D eigenvalue weighted by Gasteiger charge is 2.23. The number of nitrogens with zero attached hydrogens (tertiary/aromatic N) is 4. The Kier molecular flexibility index (Phi) is 8.38. The van der Waals surface area contributed by atoms with Crippen molar-refractivity contribution in [1.29, 1.82) is 0 Å². The van der Waals surface area contributed by atoms with Crippen molar-refractivity contribution < 1.29 is 14.3 Å². The maximum absolute atomic E-state index is 12.5. The minimum Gasteiger partial charge on any atom is -0.450 e. The zero-order chi connectivity index (χ0) is 23.8. The monoisotopic (exact) mass is 465 g/mol. The number of carbonyl (C=O) groups is 2. The number of amides is 2. The molecule has 2 aromatic rings. The zero-order valence-corrected chi connectivity index (χ0v) is 20.0. The van der Waals surface area contributed by atoms with Crippen LogP contribution in [-0.4, -0.2) is 92.2 Å². The van der Waals surface area contributed by atoms with Gasteiger partial charge in [-0.15, -0.1) is 0 Å². The fourth-order valence-corrected chi connectivity index (χ4v) is 4.47. The molecular weight excluding hydrogens is 430 g/mol. The first-order valence-corrected chi connectivity index (χ1v) is 12.2. The molecule has 2 aromatic carbocycles. The molecule has 2 heterocycles. The Balaban J connectivity index is 1.18. The molecule has 0 spiro atoms. The Bertz CT molecular complexity index is 921. The summed E-state index contributed by atoms with van der Waals surface area (Å²) in [5, 5.41) is 3.00. The van der Waals surface area contributed by atoms with E-state index in [1.165, 1.54) is 11.3 Å². The Hall–Kier alpha value is -3.10. The van der Waals surface area contributed by atoms with Crippen LogP contribution in [0.15, 0.2) is 54.6 Å². The van der Waals surface area contributed by atoms with Gasteiger partial charge in [0.1, 0.15) is 0 Å². The maximum Gasteiger partial charge on any atom is 0.409 e. The Morgan fingerprint density at radius 1 is 0.824 bits per heavy atom. The van der Waals surface area contributed by atoms with E-state index in [1.54, 1.807) is 11.8 Å². The molecule has 8 nitrogen and oxygen atoms in total. The van der Waals surface area contributed by atoms with Gasteiger partial charge >= 0.3 is 6.09 Å². The van der Waals surface area contributed by atoms with Crippen LogP contribution in [0.25, 0.3) is 0 Å². The van der Waals surface area contributed by atoms with Crippen molar-refractivity contribution in [2.24, 2.45) is 0 Å². The molecule has 2 aliphatic heterocycles. The van der Waals surface area contributed by atoms with Crippen molar-refractivity contribution in [3.8, 4) is 0 Å². The SMILES string of the molecule is CCOC(=O)N1CCN(CC(=O)Nc2ccc(N3CCN(Cc4ccccc4)CC3)cc2)CC1. The third kappa shape index (κ3) is 6.71. The van der Waals surface area contributed by atoms with Gasteiger partial charge < -0.3 is 19.9 Å². The van der Waals surface area contributed by atoms with Crippen molar-refractivity contribution in [2.45, 2.75) is 13.5 Å². The van der Waals surface area contributed by atoms with Gasteiger partial charge in [-0.05, 0) is 36.8 Å². The number of hydrogen-bond donors (Lipinski definition) is 1. The lowest BCUT2D eigenvalue weighted by Crippen LogP contribution is -2.50. The zero-order valence-electron chi connectivity index (χ0n) is 20.0. The van der Waals surface area contributed by atoms with E-state index in [4.69, 9.17) is 4.74 Å². The highest BCUT2D eigenvalue weighted by Crippen LogP contribution is 2.20. The minimum absolute atomic E-state index is 0.0353. The number of hydrogen-bond acceptors (Lipinski definition) is 6. The standard InChI is InChI=1S/C26H35N5O3/c1-2-34-26(33)31-18-14-29(15-19-31)21-25(32)27-23-8-10-24(11-9-23)30-16-12-28(13-17-30)20-22-6-4-3-5-7-22/h3-11H,2,12-21H2,1H3,(H,27,32). The molecule has 0 atom stereocenters. The molecule has 2 saturated heterocycles. The second-order valence-corrected chi connectivity index (χ2v) is 8.81. The van der Waals surface area contributed by atoms with E-state index < -0.39 is 0 Å². The van der Waals surface area contributed by atoms with Crippen molar-refractivity contribution in [3.63, 3.8) is 0 Å². The first-order chi connectivity index (χ1) is 16.6. The molecule has 0 radical (unpaired) electrons. The van der Waals surface area contributed by atoms with Gasteiger partial charge in [0, 0.05) is 70.3 Å². The van der Waals surface area contributed by atoms with Gasteiger partial charge in [0.05, 0.1) is 13.2 Å². The molecule has 34 heavy (non-hydrogen) atoms. The van der Waals surface area contributed by atoms with Crippen LogP contribution in [0.3, 0.4) is 0 Å². The van der Waals surface area contributed by atoms with E-state index in [-0.39, 0.29) is 12.0 Å². The maximum atomic E-state index is 12.5. The summed E-state index contributed by atoms with van der Waals surface area (Å²) < 4.78 is 5.04. The van der Waals surface area contributed by atoms with Gasteiger partial charge in [0.2, 0.25) is 5.91 Å². The summed E-state index contributed by atoms with van der Waals surface area (Å²) in [6.45, 7) is 10.1. The highest BCUT2D eigenvalue weighted by molar-refractivity contribution is 5.92. The van der Waals surface area contributed by atoms with Crippen LogP contribution in [0.2, 0.25) is 0 Å². The van der Waals surface area contributed by atoms with Gasteiger partial charge in [-0.1, -0.05) is 30.3 Å². The molecule has 2 aliphatic rings. The molecule has 0 bridgehead atoms. The second kappa shape index (κ2) is 11.9. The minimum atomic E-state index is -0.274. The predicted octanol–water partition coefficient (Wildman–Crippen LogP) is 2.72. The van der Waals surface area contributed by atoms with Gasteiger partial charge in [-0.2, -0.15) is 0 Å². The number of nitrogens with one attached hydrogen (secondary N) is 1. The summed E-state index contributed by atoms with van der Waals surface area (Å²) in [6, 6.07) is 18.7. The topological polar surface area (TPSA) is 68.4 Å². The lowest BCUT2D eigenvalue weighted by atomic mass is 10.2. The van der Waals surface area contributed by atoms with E-state index in [2.05, 4.69) is 62.5 Å². The molecular formula is C26H35N5O3. The van der Waals surface area contributed by atoms with Crippen LogP contribution in [0, 0.1) is 0 Å². The summed E-state index contributed by atoms with van der Waals surface area (Å²) in [7, 11) is 0. The van der Waals surface area contributed by atoms with E-state index in [9.17, 15) is 9.59 Å². The second-order valence-electron chi connectivity index (χ2n) is 8.81. The number of rotatable bonds is 7. The number of benzene rings is 2. The summed E-state index contributed by atoms with van der Waals surface area (Å²) in [5.41, 5.74) is 3.35. The smallest absolute Gasteiger partial charge is 0.409 e. The van der Waals surface area contributed by atoms with E-state index in [0.717, 1.165) is 38.4 Å². The number of ether oxygens (including phenoxy) is 1. The average molecular weight is 466 g/mol. The Morgan fingerprint density at radius 3 is 2.12 bits per heavy atom. The van der Waals surface area contributed by atoms with Crippen LogP contribution < -0.4 is 10.2 Å². The van der Waals surface area contributed by atoms with Gasteiger partial charge in [-0.3, -0.25) is 14.6 Å². The third-order valence-electron chi connectivity index (χ3n) is 6.40. The Morgan fingerprint density at radius 2 is 1.47 bits per heavy atom. The molecule has 0 aromatic heterocycles. The molecule has 8 heteroatoms. The van der Waals surface area contributed by atoms with E-state index in [1.807, 2.05) is 12.1 Å². The van der Waals surface area contributed by atoms with Crippen molar-refractivity contribution in [1.82, 2.24) is 14.7 Å². The van der Waals surface area contributed by atoms with Gasteiger partial charge in [0.25, 0.3) is 0 Å².